The Morgan fingerprint density at radius 1 is 1.33 bits per heavy atom. The van der Waals surface area contributed by atoms with Crippen LogP contribution in [-0.4, -0.2) is 55.0 Å². The number of aliphatic hydroxyl groups is 1. The molecule has 1 aromatic rings. The number of hydrogen-bond donors (Lipinski definition) is 2. The van der Waals surface area contributed by atoms with E-state index in [-0.39, 0.29) is 0 Å². The van der Waals surface area contributed by atoms with Gasteiger partial charge in [-0.15, -0.1) is 0 Å². The van der Waals surface area contributed by atoms with Gasteiger partial charge in [0.25, 0.3) is 6.43 Å². The molecule has 0 radical (unpaired) electrons. The smallest absolute Gasteiger partial charge is 0.338 e. The first kappa shape index (κ1) is 17.4. The fraction of sp³-hybridized carbons (Fsp3) is 0.364. The zero-order valence-electron chi connectivity index (χ0n) is 10.5. The fourth-order valence-electron chi connectivity index (χ4n) is 1.55. The second-order valence-electron chi connectivity index (χ2n) is 3.92. The fourth-order valence-corrected chi connectivity index (χ4v) is 2.99. The van der Waals surface area contributed by atoms with Crippen LogP contribution in [0.25, 0.3) is 0 Å². The molecule has 2 N–H and O–H groups in total. The molecule has 0 aliphatic heterocycles. The summed E-state index contributed by atoms with van der Waals surface area (Å²) in [5, 5.41) is 17.5. The number of nitrogens with zero attached hydrogens (tertiary/aromatic N) is 1. The summed E-state index contributed by atoms with van der Waals surface area (Å²) in [4.78, 5) is 10.1. The summed E-state index contributed by atoms with van der Waals surface area (Å²) in [7, 11) is -4.47. The maximum absolute atomic E-state index is 13.2. The van der Waals surface area contributed by atoms with Crippen molar-refractivity contribution in [3.05, 3.63) is 29.6 Å². The predicted octanol–water partition coefficient (Wildman–Crippen LogP) is 0.772. The van der Waals surface area contributed by atoms with Crippen LogP contribution in [-0.2, 0) is 10.0 Å². The number of carboxylic acids is 1. The number of benzene rings is 1. The lowest BCUT2D eigenvalue weighted by atomic mass is 10.2. The first-order valence-corrected chi connectivity index (χ1v) is 7.06. The highest BCUT2D eigenvalue weighted by Crippen LogP contribution is 2.20. The minimum atomic E-state index is -4.47. The van der Waals surface area contributed by atoms with E-state index in [2.05, 4.69) is 0 Å². The molecule has 0 spiro atoms. The standard InChI is InChI=1S/C11H12F3NO5S/c12-9-2-1-7(5-8(9)11(17)18)21(19,20)15(3-4-16)6-10(13)14/h1-2,5,10,16H,3-4,6H2,(H,17,18). The average molecular weight is 327 g/mol. The molecule has 0 atom stereocenters. The number of carboxylic acid groups (broad SMARTS) is 1. The highest BCUT2D eigenvalue weighted by Gasteiger charge is 2.28. The molecule has 0 aliphatic rings. The van der Waals surface area contributed by atoms with E-state index in [1.807, 2.05) is 0 Å². The minimum absolute atomic E-state index is 0.302. The van der Waals surface area contributed by atoms with Gasteiger partial charge in [-0.1, -0.05) is 0 Å². The predicted molar refractivity (Wildman–Crippen MR) is 65.2 cm³/mol. The molecule has 0 saturated heterocycles. The maximum Gasteiger partial charge on any atom is 0.338 e. The van der Waals surface area contributed by atoms with E-state index in [1.165, 1.54) is 0 Å². The van der Waals surface area contributed by atoms with Crippen LogP contribution in [0.3, 0.4) is 0 Å². The van der Waals surface area contributed by atoms with Gasteiger partial charge < -0.3 is 10.2 Å². The zero-order valence-corrected chi connectivity index (χ0v) is 11.4. The van der Waals surface area contributed by atoms with E-state index in [0.29, 0.717) is 16.4 Å². The molecule has 21 heavy (non-hydrogen) atoms. The molecule has 1 rings (SSSR count). The van der Waals surface area contributed by atoms with Crippen molar-refractivity contribution < 1.29 is 36.6 Å². The quantitative estimate of drug-likeness (QED) is 0.771. The molecule has 0 amide bonds. The second kappa shape index (κ2) is 6.87. The monoisotopic (exact) mass is 327 g/mol. The summed E-state index contributed by atoms with van der Waals surface area (Å²) < 4.78 is 62.5. The Bertz CT molecular complexity index is 620. The second-order valence-corrected chi connectivity index (χ2v) is 5.86. The molecule has 0 saturated carbocycles. The van der Waals surface area contributed by atoms with Crippen molar-refractivity contribution in [1.29, 1.82) is 0 Å². The molecule has 0 heterocycles. The van der Waals surface area contributed by atoms with Crippen molar-refractivity contribution in [3.8, 4) is 0 Å². The van der Waals surface area contributed by atoms with Crippen molar-refractivity contribution in [2.75, 3.05) is 19.7 Å². The number of alkyl halides is 2. The van der Waals surface area contributed by atoms with Crippen molar-refractivity contribution in [2.24, 2.45) is 0 Å². The summed E-state index contributed by atoms with van der Waals surface area (Å²) in [6.07, 6.45) is -2.98. The molecule has 118 valence electrons. The molecule has 0 aromatic heterocycles. The molecule has 0 fully saturated rings. The van der Waals surface area contributed by atoms with Crippen LogP contribution in [0.15, 0.2) is 23.1 Å². The summed E-state index contributed by atoms with van der Waals surface area (Å²) in [5.74, 6) is -2.84. The van der Waals surface area contributed by atoms with E-state index in [0.717, 1.165) is 6.07 Å². The minimum Gasteiger partial charge on any atom is -0.478 e. The van der Waals surface area contributed by atoms with Gasteiger partial charge in [-0.3, -0.25) is 0 Å². The van der Waals surface area contributed by atoms with Gasteiger partial charge in [0.2, 0.25) is 10.0 Å². The zero-order chi connectivity index (χ0) is 16.2. The van der Waals surface area contributed by atoms with Gasteiger partial charge in [-0.2, -0.15) is 4.31 Å². The molecular formula is C11H12F3NO5S. The van der Waals surface area contributed by atoms with Crippen molar-refractivity contribution in [2.45, 2.75) is 11.3 Å². The molecule has 0 aliphatic carbocycles. The molecular weight excluding hydrogens is 315 g/mol. The molecule has 0 bridgehead atoms. The van der Waals surface area contributed by atoms with Gasteiger partial charge in [0, 0.05) is 6.54 Å². The Hall–Kier alpha value is -1.65. The van der Waals surface area contributed by atoms with Gasteiger partial charge in [-0.25, -0.2) is 26.4 Å². The lowest BCUT2D eigenvalue weighted by molar-refractivity contribution is 0.0691. The maximum atomic E-state index is 13.2. The third kappa shape index (κ3) is 4.16. The summed E-state index contributed by atoms with van der Waals surface area (Å²) >= 11 is 0. The summed E-state index contributed by atoms with van der Waals surface area (Å²) in [6, 6.07) is 1.94. The summed E-state index contributed by atoms with van der Waals surface area (Å²) in [5.41, 5.74) is -0.892. The van der Waals surface area contributed by atoms with E-state index in [1.54, 1.807) is 0 Å². The normalized spacial score (nSPS) is 12.1. The van der Waals surface area contributed by atoms with Crippen molar-refractivity contribution >= 4 is 16.0 Å². The number of halogens is 3. The van der Waals surface area contributed by atoms with Gasteiger partial charge in [0.05, 0.1) is 23.6 Å². The van der Waals surface area contributed by atoms with Crippen LogP contribution in [0.5, 0.6) is 0 Å². The molecule has 0 unspecified atom stereocenters. The number of hydrogen-bond acceptors (Lipinski definition) is 4. The number of sulfonamides is 1. The number of rotatable bonds is 7. The Kier molecular flexibility index (Phi) is 5.70. The third-order valence-electron chi connectivity index (χ3n) is 2.50. The first-order chi connectivity index (χ1) is 9.70. The topological polar surface area (TPSA) is 94.9 Å². The molecule has 6 nitrogen and oxygen atoms in total. The SMILES string of the molecule is O=C(O)c1cc(S(=O)(=O)N(CCO)CC(F)F)ccc1F. The average Bonchev–Trinajstić information content (AvgIpc) is 2.37. The molecule has 10 heteroatoms. The van der Waals surface area contributed by atoms with Crippen LogP contribution >= 0.6 is 0 Å². The first-order valence-electron chi connectivity index (χ1n) is 5.62. The Morgan fingerprint density at radius 2 is 1.95 bits per heavy atom. The Balaban J connectivity index is 3.27. The van der Waals surface area contributed by atoms with Gasteiger partial charge >= 0.3 is 5.97 Å². The Morgan fingerprint density at radius 3 is 2.43 bits per heavy atom. The molecule has 1 aromatic carbocycles. The van der Waals surface area contributed by atoms with Gasteiger partial charge in [-0.05, 0) is 18.2 Å². The largest absolute Gasteiger partial charge is 0.478 e. The van der Waals surface area contributed by atoms with Crippen LogP contribution < -0.4 is 0 Å². The van der Waals surface area contributed by atoms with Crippen LogP contribution in [0, 0.1) is 5.82 Å². The van der Waals surface area contributed by atoms with Gasteiger partial charge in [0.15, 0.2) is 0 Å². The number of aliphatic hydroxyl groups excluding tert-OH is 1. The lowest BCUT2D eigenvalue weighted by Crippen LogP contribution is -2.37. The van der Waals surface area contributed by atoms with E-state index >= 15 is 0 Å². The van der Waals surface area contributed by atoms with E-state index in [9.17, 15) is 26.4 Å². The number of carbonyl (C=O) groups is 1. The Labute approximate surface area is 118 Å². The van der Waals surface area contributed by atoms with Crippen molar-refractivity contribution in [3.63, 3.8) is 0 Å². The van der Waals surface area contributed by atoms with Crippen molar-refractivity contribution in [1.82, 2.24) is 4.31 Å². The highest BCUT2D eigenvalue weighted by molar-refractivity contribution is 7.89. The summed E-state index contributed by atoms with van der Waals surface area (Å²) in [6.45, 7) is -2.45. The third-order valence-corrected chi connectivity index (χ3v) is 4.36. The highest BCUT2D eigenvalue weighted by atomic mass is 32.2. The van der Waals surface area contributed by atoms with E-state index < -0.39 is 58.4 Å². The van der Waals surface area contributed by atoms with Crippen LogP contribution in [0.1, 0.15) is 10.4 Å². The van der Waals surface area contributed by atoms with Gasteiger partial charge in [0.1, 0.15) is 5.82 Å². The lowest BCUT2D eigenvalue weighted by Gasteiger charge is -2.21. The van der Waals surface area contributed by atoms with E-state index in [4.69, 9.17) is 10.2 Å². The van der Waals surface area contributed by atoms with Crippen LogP contribution in [0.2, 0.25) is 0 Å². The number of aromatic carboxylic acids is 1. The van der Waals surface area contributed by atoms with Crippen LogP contribution in [0.4, 0.5) is 13.2 Å².